The summed E-state index contributed by atoms with van der Waals surface area (Å²) in [5, 5.41) is 11.1. The van der Waals surface area contributed by atoms with Crippen molar-refractivity contribution < 1.29 is 4.74 Å². The van der Waals surface area contributed by atoms with Gasteiger partial charge in [0.1, 0.15) is 12.2 Å². The van der Waals surface area contributed by atoms with Gasteiger partial charge in [-0.15, -0.1) is 0 Å². The number of hydrogen-bond acceptors (Lipinski definition) is 4. The van der Waals surface area contributed by atoms with Crippen LogP contribution in [0.25, 0.3) is 10.9 Å². The molecule has 0 spiro atoms. The maximum atomic E-state index is 9.38. The summed E-state index contributed by atoms with van der Waals surface area (Å²) in [5.41, 5.74) is 2.48. The lowest BCUT2D eigenvalue weighted by Gasteiger charge is -2.20. The minimum absolute atomic E-state index is 0.0439. The van der Waals surface area contributed by atoms with Crippen LogP contribution >= 0.6 is 27.5 Å². The van der Waals surface area contributed by atoms with Crippen molar-refractivity contribution in [1.82, 2.24) is 4.98 Å². The molecule has 1 aromatic heterocycles. The molecule has 26 heavy (non-hydrogen) atoms. The highest BCUT2D eigenvalue weighted by Crippen LogP contribution is 2.29. The fourth-order valence-electron chi connectivity index (χ4n) is 3.23. The maximum Gasteiger partial charge on any atom is 0.214 e. The second-order valence-corrected chi connectivity index (χ2v) is 7.59. The Kier molecular flexibility index (Phi) is 4.71. The predicted molar refractivity (Wildman–Crippen MR) is 107 cm³/mol. The summed E-state index contributed by atoms with van der Waals surface area (Å²) >= 11 is 9.43. The summed E-state index contributed by atoms with van der Waals surface area (Å²) in [6, 6.07) is 17.5. The van der Waals surface area contributed by atoms with Crippen LogP contribution in [0.4, 0.5) is 5.69 Å². The molecule has 1 saturated heterocycles. The lowest BCUT2D eigenvalue weighted by atomic mass is 10.2. The van der Waals surface area contributed by atoms with Crippen LogP contribution in [-0.2, 0) is 0 Å². The molecular weight excluding hydrogens is 414 g/mol. The zero-order valence-electron chi connectivity index (χ0n) is 13.8. The van der Waals surface area contributed by atoms with E-state index in [1.165, 1.54) is 0 Å². The van der Waals surface area contributed by atoms with Gasteiger partial charge in [0.2, 0.25) is 5.88 Å². The van der Waals surface area contributed by atoms with Gasteiger partial charge in [-0.3, -0.25) is 0 Å². The van der Waals surface area contributed by atoms with Crippen molar-refractivity contribution in [3.63, 3.8) is 0 Å². The number of fused-ring (bicyclic) bond motifs is 1. The maximum absolute atomic E-state index is 9.38. The molecule has 130 valence electrons. The van der Waals surface area contributed by atoms with Crippen molar-refractivity contribution in [3.8, 4) is 11.9 Å². The van der Waals surface area contributed by atoms with Gasteiger partial charge in [0.05, 0.1) is 23.3 Å². The highest BCUT2D eigenvalue weighted by atomic mass is 79.9. The van der Waals surface area contributed by atoms with E-state index in [9.17, 15) is 5.26 Å². The summed E-state index contributed by atoms with van der Waals surface area (Å²) in [4.78, 5) is 6.76. The summed E-state index contributed by atoms with van der Waals surface area (Å²) < 4.78 is 6.99. The average molecular weight is 429 g/mol. The molecule has 6 heteroatoms. The van der Waals surface area contributed by atoms with Crippen LogP contribution in [0.5, 0.6) is 5.88 Å². The number of hydrogen-bond donors (Lipinski definition) is 0. The lowest BCUT2D eigenvalue weighted by Crippen LogP contribution is -2.25. The molecule has 1 atom stereocenters. The molecule has 0 unspecified atom stereocenters. The molecule has 0 amide bonds. The Morgan fingerprint density at radius 1 is 1.19 bits per heavy atom. The van der Waals surface area contributed by atoms with E-state index in [1.54, 1.807) is 0 Å². The van der Waals surface area contributed by atoms with Gasteiger partial charge < -0.3 is 9.64 Å². The van der Waals surface area contributed by atoms with Crippen LogP contribution in [0, 0.1) is 11.3 Å². The third-order valence-electron chi connectivity index (χ3n) is 4.48. The zero-order chi connectivity index (χ0) is 18.1. The van der Waals surface area contributed by atoms with Gasteiger partial charge in [0, 0.05) is 33.9 Å². The molecule has 1 aliphatic heterocycles. The summed E-state index contributed by atoms with van der Waals surface area (Å²) in [6.07, 6.45) is 0.934. The first kappa shape index (κ1) is 17.1. The van der Waals surface area contributed by atoms with Crippen molar-refractivity contribution in [3.05, 3.63) is 63.6 Å². The first-order chi connectivity index (χ1) is 12.6. The molecule has 1 fully saturated rings. The van der Waals surface area contributed by atoms with Crippen molar-refractivity contribution in [2.24, 2.45) is 0 Å². The smallest absolute Gasteiger partial charge is 0.214 e. The van der Waals surface area contributed by atoms with E-state index in [1.807, 2.05) is 48.5 Å². The van der Waals surface area contributed by atoms with Crippen LogP contribution in [0.3, 0.4) is 0 Å². The highest BCUT2D eigenvalue weighted by Gasteiger charge is 2.26. The molecule has 3 aromatic rings. The van der Waals surface area contributed by atoms with Gasteiger partial charge in [-0.25, -0.2) is 4.98 Å². The van der Waals surface area contributed by atoms with E-state index >= 15 is 0 Å². The number of rotatable bonds is 3. The van der Waals surface area contributed by atoms with Gasteiger partial charge in [-0.1, -0.05) is 27.5 Å². The monoisotopic (exact) mass is 427 g/mol. The highest BCUT2D eigenvalue weighted by molar-refractivity contribution is 9.10. The van der Waals surface area contributed by atoms with Gasteiger partial charge in [-0.2, -0.15) is 5.26 Å². The topological polar surface area (TPSA) is 49.2 Å². The van der Waals surface area contributed by atoms with Gasteiger partial charge in [-0.05, 0) is 42.5 Å². The van der Waals surface area contributed by atoms with Gasteiger partial charge >= 0.3 is 0 Å². The SMILES string of the molecule is N#Cc1cc(Br)ccc1N1CC[C@@H](Oc2ccc3cc(Cl)ccc3n2)C1. The molecule has 2 aromatic carbocycles. The fourth-order valence-corrected chi connectivity index (χ4v) is 3.77. The molecule has 0 N–H and O–H groups in total. The Bertz CT molecular complexity index is 1020. The summed E-state index contributed by atoms with van der Waals surface area (Å²) in [5.74, 6) is 0.614. The standard InChI is InChI=1S/C20H15BrClN3O/c21-15-2-5-19(14(9-15)11-23)25-8-7-17(12-25)26-20-6-1-13-10-16(22)3-4-18(13)24-20/h1-6,9-10,17H,7-8,12H2/t17-/m1/s1. The summed E-state index contributed by atoms with van der Waals surface area (Å²) in [6.45, 7) is 1.58. The van der Waals surface area contributed by atoms with Crippen molar-refractivity contribution >= 4 is 44.1 Å². The van der Waals surface area contributed by atoms with E-state index in [4.69, 9.17) is 16.3 Å². The Morgan fingerprint density at radius 3 is 2.92 bits per heavy atom. The normalized spacial score (nSPS) is 16.7. The summed E-state index contributed by atoms with van der Waals surface area (Å²) in [7, 11) is 0. The number of pyridine rings is 1. The van der Waals surface area contributed by atoms with Crippen molar-refractivity contribution in [2.45, 2.75) is 12.5 Å². The molecule has 0 saturated carbocycles. The van der Waals surface area contributed by atoms with E-state index in [0.717, 1.165) is 40.6 Å². The molecule has 0 radical (unpaired) electrons. The number of nitrogens with zero attached hydrogens (tertiary/aromatic N) is 3. The van der Waals surface area contributed by atoms with Crippen molar-refractivity contribution in [2.75, 3.05) is 18.0 Å². The number of anilines is 1. The number of nitriles is 1. The minimum Gasteiger partial charge on any atom is -0.472 e. The predicted octanol–water partition coefficient (Wildman–Crippen LogP) is 5.18. The quantitative estimate of drug-likeness (QED) is 0.577. The lowest BCUT2D eigenvalue weighted by molar-refractivity contribution is 0.216. The van der Waals surface area contributed by atoms with Gasteiger partial charge in [0.25, 0.3) is 0 Å². The third kappa shape index (κ3) is 3.48. The number of halogens is 2. The van der Waals surface area contributed by atoms with Crippen LogP contribution < -0.4 is 9.64 Å². The molecule has 1 aliphatic rings. The van der Waals surface area contributed by atoms with E-state index in [0.29, 0.717) is 16.5 Å². The molecule has 2 heterocycles. The van der Waals surface area contributed by atoms with Gasteiger partial charge in [0.15, 0.2) is 0 Å². The first-order valence-corrected chi connectivity index (χ1v) is 9.47. The fraction of sp³-hybridized carbons (Fsp3) is 0.200. The molecular formula is C20H15BrClN3O. The Balaban J connectivity index is 1.50. The average Bonchev–Trinajstić information content (AvgIpc) is 3.10. The minimum atomic E-state index is 0.0439. The Labute approximate surface area is 165 Å². The van der Waals surface area contributed by atoms with Crippen molar-refractivity contribution in [1.29, 1.82) is 5.26 Å². The first-order valence-electron chi connectivity index (χ1n) is 8.30. The second kappa shape index (κ2) is 7.14. The largest absolute Gasteiger partial charge is 0.472 e. The molecule has 0 aliphatic carbocycles. The number of ether oxygens (including phenoxy) is 1. The van der Waals surface area contributed by atoms with E-state index in [2.05, 4.69) is 31.9 Å². The van der Waals surface area contributed by atoms with E-state index in [-0.39, 0.29) is 6.10 Å². The third-order valence-corrected chi connectivity index (χ3v) is 5.21. The molecule has 4 nitrogen and oxygen atoms in total. The van der Waals surface area contributed by atoms with Crippen LogP contribution in [0.2, 0.25) is 5.02 Å². The molecule has 0 bridgehead atoms. The number of aromatic nitrogens is 1. The Hall–Kier alpha value is -2.29. The van der Waals surface area contributed by atoms with E-state index < -0.39 is 0 Å². The Morgan fingerprint density at radius 2 is 2.08 bits per heavy atom. The zero-order valence-corrected chi connectivity index (χ0v) is 16.2. The molecule has 4 rings (SSSR count). The number of benzene rings is 2. The van der Waals surface area contributed by atoms with Crippen LogP contribution in [-0.4, -0.2) is 24.2 Å². The van der Waals surface area contributed by atoms with Crippen LogP contribution in [0.1, 0.15) is 12.0 Å². The van der Waals surface area contributed by atoms with Crippen LogP contribution in [0.15, 0.2) is 53.0 Å². The second-order valence-electron chi connectivity index (χ2n) is 6.23.